The molecule has 2 N–H and O–H groups in total. The summed E-state index contributed by atoms with van der Waals surface area (Å²) in [4.78, 5) is 21.8. The average Bonchev–Trinajstić information content (AvgIpc) is 2.13. The maximum absolute atomic E-state index is 11.0. The number of carbonyl (C=O) groups is 2. The van der Waals surface area contributed by atoms with E-state index in [-0.39, 0.29) is 18.9 Å². The summed E-state index contributed by atoms with van der Waals surface area (Å²) < 4.78 is 4.41. The molecule has 5 heteroatoms. The fourth-order valence-electron chi connectivity index (χ4n) is 0.789. The first-order valence-corrected chi connectivity index (χ1v) is 4.10. The number of amides is 1. The largest absolute Gasteiger partial charge is 0.467 e. The summed E-state index contributed by atoms with van der Waals surface area (Å²) >= 11 is 0. The summed E-state index contributed by atoms with van der Waals surface area (Å²) in [7, 11) is 1.26. The van der Waals surface area contributed by atoms with Crippen molar-refractivity contribution in [2.45, 2.75) is 25.8 Å². The Morgan fingerprint density at radius 2 is 2.15 bits per heavy atom. The number of hydrogen-bond acceptors (Lipinski definition) is 4. The molecule has 0 fully saturated rings. The molecular formula is C8H15NO4. The van der Waals surface area contributed by atoms with Crippen LogP contribution in [-0.4, -0.2) is 36.7 Å². The molecule has 0 aromatic heterocycles. The molecule has 0 radical (unpaired) electrons. The van der Waals surface area contributed by atoms with Crippen molar-refractivity contribution in [1.29, 1.82) is 0 Å². The van der Waals surface area contributed by atoms with Gasteiger partial charge >= 0.3 is 5.97 Å². The minimum absolute atomic E-state index is 0.0278. The average molecular weight is 189 g/mol. The third kappa shape index (κ3) is 5.19. The first-order chi connectivity index (χ1) is 6.11. The van der Waals surface area contributed by atoms with E-state index in [1.807, 2.05) is 0 Å². The van der Waals surface area contributed by atoms with E-state index in [1.54, 1.807) is 6.92 Å². The molecule has 5 nitrogen and oxygen atoms in total. The van der Waals surface area contributed by atoms with Gasteiger partial charge in [-0.25, -0.2) is 4.79 Å². The third-order valence-electron chi connectivity index (χ3n) is 1.49. The minimum Gasteiger partial charge on any atom is -0.467 e. The number of methoxy groups -OCH3 is 1. The van der Waals surface area contributed by atoms with Crippen molar-refractivity contribution in [3.8, 4) is 0 Å². The molecule has 0 aliphatic carbocycles. The molecule has 0 aliphatic heterocycles. The summed E-state index contributed by atoms with van der Waals surface area (Å²) in [6.45, 7) is 1.52. The Balaban J connectivity index is 3.71. The SMILES string of the molecule is COC(=O)[C@H](C)NC(=O)CCCO. The number of rotatable bonds is 5. The Hall–Kier alpha value is -1.10. The first-order valence-electron chi connectivity index (χ1n) is 4.10. The molecule has 0 aromatic rings. The highest BCUT2D eigenvalue weighted by molar-refractivity contribution is 5.83. The second kappa shape index (κ2) is 6.42. The number of nitrogens with one attached hydrogen (secondary N) is 1. The van der Waals surface area contributed by atoms with Crippen LogP contribution in [0.25, 0.3) is 0 Å². The zero-order chi connectivity index (χ0) is 10.3. The summed E-state index contributed by atoms with van der Waals surface area (Å²) in [5.74, 6) is -0.732. The Morgan fingerprint density at radius 1 is 1.54 bits per heavy atom. The molecule has 13 heavy (non-hydrogen) atoms. The van der Waals surface area contributed by atoms with Crippen LogP contribution in [0.1, 0.15) is 19.8 Å². The predicted octanol–water partition coefficient (Wildman–Crippen LogP) is -0.563. The number of carbonyl (C=O) groups excluding carboxylic acids is 2. The van der Waals surface area contributed by atoms with Crippen molar-refractivity contribution in [3.05, 3.63) is 0 Å². The molecule has 0 heterocycles. The van der Waals surface area contributed by atoms with Crippen molar-refractivity contribution in [3.63, 3.8) is 0 Å². The van der Waals surface area contributed by atoms with Gasteiger partial charge in [0, 0.05) is 13.0 Å². The van der Waals surface area contributed by atoms with Gasteiger partial charge in [0.15, 0.2) is 0 Å². The topological polar surface area (TPSA) is 75.6 Å². The van der Waals surface area contributed by atoms with Gasteiger partial charge in [-0.3, -0.25) is 4.79 Å². The molecule has 1 atom stereocenters. The second-order valence-electron chi connectivity index (χ2n) is 2.64. The fraction of sp³-hybridized carbons (Fsp3) is 0.750. The lowest BCUT2D eigenvalue weighted by Crippen LogP contribution is -2.39. The molecule has 0 rings (SSSR count). The van der Waals surface area contributed by atoms with Gasteiger partial charge in [0.1, 0.15) is 6.04 Å². The third-order valence-corrected chi connectivity index (χ3v) is 1.49. The lowest BCUT2D eigenvalue weighted by Gasteiger charge is -2.10. The van der Waals surface area contributed by atoms with Crippen molar-refractivity contribution in [2.24, 2.45) is 0 Å². The molecular weight excluding hydrogens is 174 g/mol. The monoisotopic (exact) mass is 189 g/mol. The van der Waals surface area contributed by atoms with Crippen LogP contribution < -0.4 is 5.32 Å². The van der Waals surface area contributed by atoms with Gasteiger partial charge in [-0.2, -0.15) is 0 Å². The molecule has 0 aromatic carbocycles. The number of aliphatic hydroxyl groups excluding tert-OH is 1. The van der Waals surface area contributed by atoms with Gasteiger partial charge in [-0.1, -0.05) is 0 Å². The van der Waals surface area contributed by atoms with E-state index in [0.29, 0.717) is 6.42 Å². The van der Waals surface area contributed by atoms with E-state index in [0.717, 1.165) is 0 Å². The fourth-order valence-corrected chi connectivity index (χ4v) is 0.789. The van der Waals surface area contributed by atoms with E-state index in [4.69, 9.17) is 5.11 Å². The van der Waals surface area contributed by atoms with Gasteiger partial charge in [0.05, 0.1) is 7.11 Å². The van der Waals surface area contributed by atoms with Crippen LogP contribution in [-0.2, 0) is 14.3 Å². The zero-order valence-corrected chi connectivity index (χ0v) is 7.87. The molecule has 1 amide bonds. The van der Waals surface area contributed by atoms with Crippen LogP contribution in [0, 0.1) is 0 Å². The van der Waals surface area contributed by atoms with Crippen LogP contribution in [0.3, 0.4) is 0 Å². The van der Waals surface area contributed by atoms with Gasteiger partial charge in [-0.15, -0.1) is 0 Å². The highest BCUT2D eigenvalue weighted by atomic mass is 16.5. The zero-order valence-electron chi connectivity index (χ0n) is 7.87. The van der Waals surface area contributed by atoms with Crippen molar-refractivity contribution >= 4 is 11.9 Å². The molecule has 0 aliphatic rings. The summed E-state index contributed by atoms with van der Waals surface area (Å²) in [5, 5.41) is 10.9. The van der Waals surface area contributed by atoms with Crippen LogP contribution in [0.2, 0.25) is 0 Å². The normalized spacial score (nSPS) is 11.9. The molecule has 0 saturated carbocycles. The second-order valence-corrected chi connectivity index (χ2v) is 2.64. The van der Waals surface area contributed by atoms with E-state index in [2.05, 4.69) is 10.1 Å². The number of ether oxygens (including phenoxy) is 1. The van der Waals surface area contributed by atoms with Crippen LogP contribution in [0.4, 0.5) is 0 Å². The highest BCUT2D eigenvalue weighted by Crippen LogP contribution is 1.91. The van der Waals surface area contributed by atoms with Gasteiger partial charge in [-0.05, 0) is 13.3 Å². The van der Waals surface area contributed by atoms with Crippen LogP contribution in [0.15, 0.2) is 0 Å². The number of aliphatic hydroxyl groups is 1. The first kappa shape index (κ1) is 11.9. The Bertz CT molecular complexity index is 181. The minimum atomic E-state index is -0.629. The van der Waals surface area contributed by atoms with Crippen molar-refractivity contribution in [1.82, 2.24) is 5.32 Å². The summed E-state index contributed by atoms with van der Waals surface area (Å²) in [6.07, 6.45) is 0.623. The van der Waals surface area contributed by atoms with E-state index >= 15 is 0 Å². The Morgan fingerprint density at radius 3 is 2.62 bits per heavy atom. The number of hydrogen-bond donors (Lipinski definition) is 2. The lowest BCUT2D eigenvalue weighted by molar-refractivity contribution is -0.144. The van der Waals surface area contributed by atoms with E-state index < -0.39 is 12.0 Å². The molecule has 76 valence electrons. The highest BCUT2D eigenvalue weighted by Gasteiger charge is 2.14. The standard InChI is InChI=1S/C8H15NO4/c1-6(8(12)13-2)9-7(11)4-3-5-10/h6,10H,3-5H2,1-2H3,(H,9,11)/t6-/m0/s1. The lowest BCUT2D eigenvalue weighted by atomic mass is 10.2. The van der Waals surface area contributed by atoms with Crippen LogP contribution in [0.5, 0.6) is 0 Å². The van der Waals surface area contributed by atoms with Gasteiger partial charge < -0.3 is 15.2 Å². The maximum atomic E-state index is 11.0. The van der Waals surface area contributed by atoms with Crippen LogP contribution >= 0.6 is 0 Å². The summed E-state index contributed by atoms with van der Waals surface area (Å²) in [6, 6.07) is -0.629. The number of esters is 1. The predicted molar refractivity (Wildman–Crippen MR) is 45.9 cm³/mol. The Labute approximate surface area is 77.1 Å². The molecule has 0 unspecified atom stereocenters. The van der Waals surface area contributed by atoms with E-state index in [9.17, 15) is 9.59 Å². The van der Waals surface area contributed by atoms with E-state index in [1.165, 1.54) is 7.11 Å². The van der Waals surface area contributed by atoms with Gasteiger partial charge in [0.25, 0.3) is 0 Å². The molecule has 0 spiro atoms. The van der Waals surface area contributed by atoms with Crippen molar-refractivity contribution < 1.29 is 19.4 Å². The molecule has 0 saturated heterocycles. The molecule has 0 bridgehead atoms. The Kier molecular flexibility index (Phi) is 5.88. The van der Waals surface area contributed by atoms with Gasteiger partial charge in [0.2, 0.25) is 5.91 Å². The maximum Gasteiger partial charge on any atom is 0.328 e. The van der Waals surface area contributed by atoms with Crippen molar-refractivity contribution in [2.75, 3.05) is 13.7 Å². The summed E-state index contributed by atoms with van der Waals surface area (Å²) in [5.41, 5.74) is 0. The quantitative estimate of drug-likeness (QED) is 0.568. The smallest absolute Gasteiger partial charge is 0.328 e.